The number of nitrogens with zero attached hydrogens (tertiary/aromatic N) is 3. The van der Waals surface area contributed by atoms with Crippen molar-refractivity contribution in [1.82, 2.24) is 15.0 Å². The molecule has 21 heavy (non-hydrogen) atoms. The lowest BCUT2D eigenvalue weighted by Crippen LogP contribution is -2.14. The molecule has 0 atom stereocenters. The van der Waals surface area contributed by atoms with Crippen LogP contribution >= 0.6 is 0 Å². The van der Waals surface area contributed by atoms with Crippen LogP contribution in [-0.2, 0) is 25.9 Å². The third-order valence-electron chi connectivity index (χ3n) is 2.96. The molecule has 0 saturated carbocycles. The maximum absolute atomic E-state index is 11.7. The number of aromatic nitrogens is 3. The summed E-state index contributed by atoms with van der Waals surface area (Å²) in [5.41, 5.74) is 0.704. The second kappa shape index (κ2) is 8.08. The summed E-state index contributed by atoms with van der Waals surface area (Å²) in [6, 6.07) is 0. The summed E-state index contributed by atoms with van der Waals surface area (Å²) in [6.45, 7) is 4.17. The summed E-state index contributed by atoms with van der Waals surface area (Å²) in [5, 5.41) is 7.63. The summed E-state index contributed by atoms with van der Waals surface area (Å²) in [7, 11) is -1.48. The fourth-order valence-electron chi connectivity index (χ4n) is 1.63. The van der Waals surface area contributed by atoms with Gasteiger partial charge in [-0.15, -0.1) is 5.10 Å². The van der Waals surface area contributed by atoms with E-state index < -0.39 is 15.8 Å². The van der Waals surface area contributed by atoms with Crippen molar-refractivity contribution in [1.29, 1.82) is 0 Å². The number of carbonyl (C=O) groups excluding carboxylic acids is 1. The predicted octanol–water partition coefficient (Wildman–Crippen LogP) is 0.215. The van der Waals surface area contributed by atoms with Crippen LogP contribution in [0.15, 0.2) is 0 Å². The van der Waals surface area contributed by atoms with Crippen molar-refractivity contribution in [3.05, 3.63) is 11.4 Å². The maximum atomic E-state index is 11.7. The first-order chi connectivity index (χ1) is 9.91. The van der Waals surface area contributed by atoms with E-state index in [0.717, 1.165) is 0 Å². The van der Waals surface area contributed by atoms with Crippen LogP contribution in [0.3, 0.4) is 0 Å². The lowest BCUT2D eigenvalue weighted by Gasteiger charge is -2.04. The van der Waals surface area contributed by atoms with Crippen molar-refractivity contribution in [2.24, 2.45) is 0 Å². The van der Waals surface area contributed by atoms with Crippen LogP contribution in [0, 0.1) is 6.92 Å². The van der Waals surface area contributed by atoms with E-state index in [1.807, 2.05) is 0 Å². The standard InChI is InChI=1S/C12H21N3O5S/c1-4-21(17,18)9-5-6-15-10(2)11(13-14-15)12(16)20-8-7-19-3/h4-9H2,1-3H3. The van der Waals surface area contributed by atoms with E-state index in [1.165, 1.54) is 11.8 Å². The van der Waals surface area contributed by atoms with Crippen LogP contribution in [0.4, 0.5) is 0 Å². The molecule has 0 amide bonds. The highest BCUT2D eigenvalue weighted by Gasteiger charge is 2.18. The number of hydrogen-bond donors (Lipinski definition) is 0. The zero-order chi connectivity index (χ0) is 15.9. The number of carbonyl (C=O) groups is 1. The van der Waals surface area contributed by atoms with Crippen molar-refractivity contribution < 1.29 is 22.7 Å². The second-order valence-electron chi connectivity index (χ2n) is 4.47. The average Bonchev–Trinajstić information content (AvgIpc) is 2.80. The Morgan fingerprint density at radius 3 is 2.67 bits per heavy atom. The molecule has 0 aromatic carbocycles. The minimum atomic E-state index is -2.99. The molecule has 0 spiro atoms. The number of sulfone groups is 1. The summed E-state index contributed by atoms with van der Waals surface area (Å²) in [6.07, 6.45) is 0.429. The molecule has 0 unspecified atom stereocenters. The molecule has 0 aliphatic carbocycles. The fraction of sp³-hybridized carbons (Fsp3) is 0.750. The Bertz CT molecular complexity index is 567. The molecular weight excluding hydrogens is 298 g/mol. The SMILES string of the molecule is CCS(=O)(=O)CCCn1nnc(C(=O)OCCOC)c1C. The van der Waals surface area contributed by atoms with Gasteiger partial charge < -0.3 is 9.47 Å². The van der Waals surface area contributed by atoms with Gasteiger partial charge in [-0.05, 0) is 13.3 Å². The van der Waals surface area contributed by atoms with Crippen molar-refractivity contribution in [2.45, 2.75) is 26.8 Å². The van der Waals surface area contributed by atoms with Crippen molar-refractivity contribution in [2.75, 3.05) is 31.8 Å². The Balaban J connectivity index is 2.57. The lowest BCUT2D eigenvalue weighted by molar-refractivity contribution is 0.0380. The number of rotatable bonds is 9. The number of ether oxygens (including phenoxy) is 2. The molecule has 9 heteroatoms. The van der Waals surface area contributed by atoms with Crippen LogP contribution < -0.4 is 0 Å². The van der Waals surface area contributed by atoms with Gasteiger partial charge in [-0.2, -0.15) is 0 Å². The highest BCUT2D eigenvalue weighted by atomic mass is 32.2. The lowest BCUT2D eigenvalue weighted by atomic mass is 10.3. The van der Waals surface area contributed by atoms with Crippen LogP contribution in [0.1, 0.15) is 29.5 Å². The third kappa shape index (κ3) is 5.43. The quantitative estimate of drug-likeness (QED) is 0.474. The monoisotopic (exact) mass is 319 g/mol. The van der Waals surface area contributed by atoms with Crippen molar-refractivity contribution in [3.8, 4) is 0 Å². The summed E-state index contributed by atoms with van der Waals surface area (Å²) in [4.78, 5) is 11.7. The first-order valence-electron chi connectivity index (χ1n) is 6.68. The Kier molecular flexibility index (Phi) is 6.76. The van der Waals surface area contributed by atoms with Gasteiger partial charge >= 0.3 is 5.97 Å². The second-order valence-corrected chi connectivity index (χ2v) is 6.94. The molecule has 0 saturated heterocycles. The van der Waals surface area contributed by atoms with Gasteiger partial charge in [0.25, 0.3) is 0 Å². The van der Waals surface area contributed by atoms with Gasteiger partial charge in [-0.25, -0.2) is 17.9 Å². The van der Waals surface area contributed by atoms with E-state index in [9.17, 15) is 13.2 Å². The number of methoxy groups -OCH3 is 1. The third-order valence-corrected chi connectivity index (χ3v) is 4.75. The molecule has 0 bridgehead atoms. The molecular formula is C12H21N3O5S. The predicted molar refractivity (Wildman–Crippen MR) is 75.9 cm³/mol. The fourth-order valence-corrected chi connectivity index (χ4v) is 2.48. The molecule has 8 nitrogen and oxygen atoms in total. The van der Waals surface area contributed by atoms with Gasteiger partial charge in [0, 0.05) is 19.4 Å². The molecule has 0 fully saturated rings. The van der Waals surface area contributed by atoms with E-state index in [-0.39, 0.29) is 23.8 Å². The van der Waals surface area contributed by atoms with Crippen LogP contribution in [0.25, 0.3) is 0 Å². The van der Waals surface area contributed by atoms with E-state index in [2.05, 4.69) is 10.3 Å². The first-order valence-corrected chi connectivity index (χ1v) is 8.50. The molecule has 0 N–H and O–H groups in total. The molecule has 0 radical (unpaired) electrons. The highest BCUT2D eigenvalue weighted by molar-refractivity contribution is 7.91. The molecule has 1 heterocycles. The van der Waals surface area contributed by atoms with E-state index in [4.69, 9.17) is 9.47 Å². The highest BCUT2D eigenvalue weighted by Crippen LogP contribution is 2.07. The van der Waals surface area contributed by atoms with Crippen LogP contribution in [0.5, 0.6) is 0 Å². The number of hydrogen-bond acceptors (Lipinski definition) is 7. The molecule has 1 rings (SSSR count). The smallest absolute Gasteiger partial charge is 0.360 e. The summed E-state index contributed by atoms with van der Waals surface area (Å²) >= 11 is 0. The van der Waals surface area contributed by atoms with Gasteiger partial charge in [0.05, 0.1) is 18.1 Å². The minimum Gasteiger partial charge on any atom is -0.458 e. The molecule has 120 valence electrons. The van der Waals surface area contributed by atoms with Gasteiger partial charge in [0.2, 0.25) is 0 Å². The Hall–Kier alpha value is -1.48. The number of aryl methyl sites for hydroxylation is 1. The normalized spacial score (nSPS) is 11.6. The van der Waals surface area contributed by atoms with E-state index >= 15 is 0 Å². The maximum Gasteiger partial charge on any atom is 0.360 e. The van der Waals surface area contributed by atoms with Crippen molar-refractivity contribution in [3.63, 3.8) is 0 Å². The van der Waals surface area contributed by atoms with E-state index in [0.29, 0.717) is 25.3 Å². The largest absolute Gasteiger partial charge is 0.458 e. The summed E-state index contributed by atoms with van der Waals surface area (Å²) in [5.74, 6) is -0.339. The van der Waals surface area contributed by atoms with Crippen LogP contribution in [0.2, 0.25) is 0 Å². The molecule has 1 aromatic rings. The minimum absolute atomic E-state index is 0.0937. The van der Waals surface area contributed by atoms with E-state index in [1.54, 1.807) is 13.8 Å². The topological polar surface area (TPSA) is 100 Å². The number of esters is 1. The van der Waals surface area contributed by atoms with Gasteiger partial charge in [-0.1, -0.05) is 12.1 Å². The Morgan fingerprint density at radius 2 is 2.05 bits per heavy atom. The zero-order valence-electron chi connectivity index (χ0n) is 12.5. The average molecular weight is 319 g/mol. The zero-order valence-corrected chi connectivity index (χ0v) is 13.4. The van der Waals surface area contributed by atoms with Crippen molar-refractivity contribution >= 4 is 15.8 Å². The van der Waals surface area contributed by atoms with Crippen LogP contribution in [-0.4, -0.2) is 61.2 Å². The first kappa shape index (κ1) is 17.6. The van der Waals surface area contributed by atoms with Gasteiger partial charge in [0.15, 0.2) is 5.69 Å². The Labute approximate surface area is 124 Å². The molecule has 1 aromatic heterocycles. The summed E-state index contributed by atoms with van der Waals surface area (Å²) < 4.78 is 34.1. The molecule has 0 aliphatic rings. The Morgan fingerprint density at radius 1 is 1.33 bits per heavy atom. The van der Waals surface area contributed by atoms with Gasteiger partial charge in [-0.3, -0.25) is 0 Å². The molecule has 0 aliphatic heterocycles. The van der Waals surface area contributed by atoms with Gasteiger partial charge in [0.1, 0.15) is 16.4 Å².